The number of rotatable bonds is 4. The number of aliphatic carboxylic acids is 1. The van der Waals surface area contributed by atoms with Crippen molar-refractivity contribution < 1.29 is 29.5 Å². The molecule has 9 heteroatoms. The van der Waals surface area contributed by atoms with Crippen LogP contribution in [0.1, 0.15) is 12.8 Å². The molecule has 0 aromatic heterocycles. The molecule has 0 saturated carbocycles. The summed E-state index contributed by atoms with van der Waals surface area (Å²) in [6, 6.07) is 3.23. The molecule has 112 valence electrons. The van der Waals surface area contributed by atoms with E-state index in [2.05, 4.69) is 5.32 Å². The Hall–Kier alpha value is -2.68. The number of amides is 1. The first kappa shape index (κ1) is 14.7. The Kier molecular flexibility index (Phi) is 4.03. The Morgan fingerprint density at radius 3 is 2.52 bits per heavy atom. The van der Waals surface area contributed by atoms with Gasteiger partial charge in [0.15, 0.2) is 6.10 Å². The molecule has 1 heterocycles. The van der Waals surface area contributed by atoms with E-state index in [1.165, 1.54) is 6.07 Å². The molecule has 1 aliphatic rings. The minimum atomic E-state index is -1.14. The van der Waals surface area contributed by atoms with Crippen LogP contribution in [-0.4, -0.2) is 39.2 Å². The van der Waals surface area contributed by atoms with Gasteiger partial charge in [0.1, 0.15) is 11.9 Å². The minimum absolute atomic E-state index is 0.00650. The summed E-state index contributed by atoms with van der Waals surface area (Å²) in [4.78, 5) is 32.5. The van der Waals surface area contributed by atoms with E-state index in [9.17, 15) is 24.8 Å². The predicted octanol–water partition coefficient (Wildman–Crippen LogP) is 0.871. The van der Waals surface area contributed by atoms with Crippen LogP contribution in [0.15, 0.2) is 18.2 Å². The lowest BCUT2D eigenvalue weighted by Gasteiger charge is -2.12. The van der Waals surface area contributed by atoms with Gasteiger partial charge in [0, 0.05) is 6.07 Å². The molecule has 1 aromatic carbocycles. The lowest BCUT2D eigenvalue weighted by Crippen LogP contribution is -2.29. The maximum Gasteiger partial charge on any atom is 0.332 e. The molecule has 1 fully saturated rings. The molecule has 0 spiro atoms. The van der Waals surface area contributed by atoms with Gasteiger partial charge >= 0.3 is 5.97 Å². The number of phenolic OH excluding ortho intramolecular Hbond substituents is 1. The zero-order valence-corrected chi connectivity index (χ0v) is 10.7. The summed E-state index contributed by atoms with van der Waals surface area (Å²) in [6.07, 6.45) is -1.48. The van der Waals surface area contributed by atoms with Crippen molar-refractivity contribution in [2.45, 2.75) is 25.0 Å². The van der Waals surface area contributed by atoms with Crippen LogP contribution < -0.4 is 5.32 Å². The van der Waals surface area contributed by atoms with E-state index in [1.54, 1.807) is 0 Å². The van der Waals surface area contributed by atoms with Crippen LogP contribution in [0, 0.1) is 10.1 Å². The number of benzene rings is 1. The van der Waals surface area contributed by atoms with Gasteiger partial charge in [0.2, 0.25) is 0 Å². The smallest absolute Gasteiger partial charge is 0.332 e. The van der Waals surface area contributed by atoms with Crippen molar-refractivity contribution in [2.75, 3.05) is 5.32 Å². The quantitative estimate of drug-likeness (QED) is 0.425. The highest BCUT2D eigenvalue weighted by Gasteiger charge is 2.34. The lowest BCUT2D eigenvalue weighted by atomic mass is 10.2. The van der Waals surface area contributed by atoms with Gasteiger partial charge in [-0.1, -0.05) is 0 Å². The fourth-order valence-electron chi connectivity index (χ4n) is 1.96. The fraction of sp³-hybridized carbons (Fsp3) is 0.333. The SMILES string of the molecule is O=C(Nc1ccc([N+](=O)[O-])cc1O)[C@@H]1CC[C@H](C(=O)O)O1. The van der Waals surface area contributed by atoms with E-state index in [4.69, 9.17) is 9.84 Å². The summed E-state index contributed by atoms with van der Waals surface area (Å²) in [6.45, 7) is 0. The van der Waals surface area contributed by atoms with Gasteiger partial charge in [-0.25, -0.2) is 4.79 Å². The average molecular weight is 296 g/mol. The van der Waals surface area contributed by atoms with Gasteiger partial charge in [0.25, 0.3) is 11.6 Å². The standard InChI is InChI=1S/C12H12N2O7/c15-8-5-6(14(19)20)1-2-7(8)13-11(16)9-3-4-10(21-9)12(17)18/h1-2,5,9-10,15H,3-4H2,(H,13,16)(H,17,18)/t9-,10+/m0/s1. The van der Waals surface area contributed by atoms with Crippen molar-refractivity contribution in [2.24, 2.45) is 0 Å². The van der Waals surface area contributed by atoms with Crippen LogP contribution in [0.25, 0.3) is 0 Å². The second-order valence-electron chi connectivity index (χ2n) is 4.48. The van der Waals surface area contributed by atoms with Crippen LogP contribution in [0.3, 0.4) is 0 Å². The van der Waals surface area contributed by atoms with Crippen molar-refractivity contribution in [3.05, 3.63) is 28.3 Å². The Morgan fingerprint density at radius 1 is 1.33 bits per heavy atom. The molecule has 0 radical (unpaired) electrons. The van der Waals surface area contributed by atoms with E-state index in [1.807, 2.05) is 0 Å². The number of carboxylic acid groups (broad SMARTS) is 1. The summed E-state index contributed by atoms with van der Waals surface area (Å²) in [5, 5.41) is 31.3. The number of nitro benzene ring substituents is 1. The average Bonchev–Trinajstić information content (AvgIpc) is 2.90. The van der Waals surface area contributed by atoms with Gasteiger partial charge in [-0.15, -0.1) is 0 Å². The van der Waals surface area contributed by atoms with Gasteiger partial charge in [-0.05, 0) is 18.9 Å². The summed E-state index contributed by atoms with van der Waals surface area (Å²) >= 11 is 0. The summed E-state index contributed by atoms with van der Waals surface area (Å²) < 4.78 is 5.06. The molecule has 9 nitrogen and oxygen atoms in total. The van der Waals surface area contributed by atoms with Crippen LogP contribution in [0.4, 0.5) is 11.4 Å². The third-order valence-corrected chi connectivity index (χ3v) is 3.04. The third-order valence-electron chi connectivity index (χ3n) is 3.04. The van der Waals surface area contributed by atoms with Crippen LogP contribution in [-0.2, 0) is 14.3 Å². The second kappa shape index (κ2) is 5.75. The van der Waals surface area contributed by atoms with Gasteiger partial charge in [-0.3, -0.25) is 14.9 Å². The highest BCUT2D eigenvalue weighted by molar-refractivity contribution is 5.96. The minimum Gasteiger partial charge on any atom is -0.506 e. The van der Waals surface area contributed by atoms with Crippen molar-refractivity contribution in [1.82, 2.24) is 0 Å². The number of carbonyl (C=O) groups is 2. The molecule has 0 unspecified atom stereocenters. The van der Waals surface area contributed by atoms with E-state index in [0.717, 1.165) is 12.1 Å². The number of carbonyl (C=O) groups excluding carboxylic acids is 1. The number of carboxylic acids is 1. The number of nitro groups is 1. The summed E-state index contributed by atoms with van der Waals surface area (Å²) in [7, 11) is 0. The van der Waals surface area contributed by atoms with Crippen LogP contribution in [0.5, 0.6) is 5.75 Å². The number of phenols is 1. The molecule has 1 aromatic rings. The van der Waals surface area contributed by atoms with Gasteiger partial charge < -0.3 is 20.3 Å². The molecule has 0 bridgehead atoms. The molecule has 1 amide bonds. The predicted molar refractivity (Wildman–Crippen MR) is 68.9 cm³/mol. The molecular formula is C12H12N2O7. The van der Waals surface area contributed by atoms with E-state index < -0.39 is 34.8 Å². The molecular weight excluding hydrogens is 284 g/mol. The summed E-state index contributed by atoms with van der Waals surface area (Å²) in [5.41, 5.74) is -0.318. The number of hydrogen-bond acceptors (Lipinski definition) is 6. The normalized spacial score (nSPS) is 21.0. The van der Waals surface area contributed by atoms with Crippen LogP contribution in [0.2, 0.25) is 0 Å². The Balaban J connectivity index is 2.03. The van der Waals surface area contributed by atoms with Crippen molar-refractivity contribution in [3.63, 3.8) is 0 Å². The monoisotopic (exact) mass is 296 g/mol. The Bertz CT molecular complexity index is 601. The first-order valence-electron chi connectivity index (χ1n) is 6.05. The summed E-state index contributed by atoms with van der Waals surface area (Å²) in [5.74, 6) is -2.20. The first-order chi connectivity index (χ1) is 9.88. The van der Waals surface area contributed by atoms with Crippen LogP contribution >= 0.6 is 0 Å². The number of nitrogens with one attached hydrogen (secondary N) is 1. The van der Waals surface area contributed by atoms with Gasteiger partial charge in [-0.2, -0.15) is 0 Å². The topological polar surface area (TPSA) is 139 Å². The maximum atomic E-state index is 11.9. The van der Waals surface area contributed by atoms with Crippen molar-refractivity contribution in [3.8, 4) is 5.75 Å². The molecule has 1 saturated heterocycles. The zero-order valence-electron chi connectivity index (χ0n) is 10.7. The van der Waals surface area contributed by atoms with E-state index in [0.29, 0.717) is 0 Å². The lowest BCUT2D eigenvalue weighted by molar-refractivity contribution is -0.384. The zero-order chi connectivity index (χ0) is 15.6. The second-order valence-corrected chi connectivity index (χ2v) is 4.48. The Morgan fingerprint density at radius 2 is 2.00 bits per heavy atom. The largest absolute Gasteiger partial charge is 0.506 e. The Labute approximate surface area is 118 Å². The third kappa shape index (κ3) is 3.26. The highest BCUT2D eigenvalue weighted by atomic mass is 16.6. The molecule has 2 atom stereocenters. The number of aromatic hydroxyl groups is 1. The molecule has 0 aliphatic carbocycles. The number of nitrogens with zero attached hydrogens (tertiary/aromatic N) is 1. The number of ether oxygens (including phenoxy) is 1. The van der Waals surface area contributed by atoms with Crippen molar-refractivity contribution in [1.29, 1.82) is 0 Å². The molecule has 3 N–H and O–H groups in total. The van der Waals surface area contributed by atoms with Gasteiger partial charge in [0.05, 0.1) is 16.7 Å². The van der Waals surface area contributed by atoms with E-state index in [-0.39, 0.29) is 24.2 Å². The number of non-ortho nitro benzene ring substituents is 1. The molecule has 2 rings (SSSR count). The number of anilines is 1. The van der Waals surface area contributed by atoms with Crippen molar-refractivity contribution >= 4 is 23.3 Å². The number of hydrogen-bond donors (Lipinski definition) is 3. The van der Waals surface area contributed by atoms with E-state index >= 15 is 0 Å². The fourth-order valence-corrected chi connectivity index (χ4v) is 1.96. The highest BCUT2D eigenvalue weighted by Crippen LogP contribution is 2.29. The maximum absolute atomic E-state index is 11.9. The molecule has 1 aliphatic heterocycles. The molecule has 21 heavy (non-hydrogen) atoms. The first-order valence-corrected chi connectivity index (χ1v) is 6.05.